The Kier molecular flexibility index (Phi) is 2.95. The molecule has 1 aliphatic heterocycles. The highest BCUT2D eigenvalue weighted by Crippen LogP contribution is 2.22. The van der Waals surface area contributed by atoms with Gasteiger partial charge >= 0.3 is 6.18 Å². The summed E-state index contributed by atoms with van der Waals surface area (Å²) in [6.07, 6.45) is -4.01. The van der Waals surface area contributed by atoms with Crippen molar-refractivity contribution in [3.05, 3.63) is 0 Å². The fourth-order valence-electron chi connectivity index (χ4n) is 1.13. The summed E-state index contributed by atoms with van der Waals surface area (Å²) in [6.45, 7) is 2.83. The van der Waals surface area contributed by atoms with E-state index in [0.717, 1.165) is 0 Å². The molecule has 0 saturated carbocycles. The molecule has 72 valence electrons. The van der Waals surface area contributed by atoms with Crippen molar-refractivity contribution in [2.24, 2.45) is 0 Å². The number of rotatable bonds is 3. The van der Waals surface area contributed by atoms with Gasteiger partial charge in [-0.2, -0.15) is 13.2 Å². The molecule has 12 heavy (non-hydrogen) atoms. The zero-order valence-electron chi connectivity index (χ0n) is 6.91. The lowest BCUT2D eigenvalue weighted by molar-refractivity contribution is -0.159. The highest BCUT2D eigenvalue weighted by atomic mass is 19.4. The summed E-state index contributed by atoms with van der Waals surface area (Å²) in [5, 5.41) is 5.47. The van der Waals surface area contributed by atoms with Gasteiger partial charge in [0.2, 0.25) is 0 Å². The number of halogens is 3. The molecule has 1 heterocycles. The Balaban J connectivity index is 2.34. The van der Waals surface area contributed by atoms with Crippen LogP contribution < -0.4 is 10.6 Å². The predicted octanol–water partition coefficient (Wildman–Crippen LogP) is 0.889. The van der Waals surface area contributed by atoms with Gasteiger partial charge < -0.3 is 10.6 Å². The van der Waals surface area contributed by atoms with Gasteiger partial charge in [-0.3, -0.25) is 0 Å². The molecule has 0 radical (unpaired) electrons. The zero-order valence-corrected chi connectivity index (χ0v) is 6.91. The molecular weight excluding hydrogens is 169 g/mol. The summed E-state index contributed by atoms with van der Waals surface area (Å²) in [7, 11) is 0. The summed E-state index contributed by atoms with van der Waals surface area (Å²) in [5.41, 5.74) is 0. The Morgan fingerprint density at radius 1 is 1.50 bits per heavy atom. The van der Waals surface area contributed by atoms with Crippen LogP contribution in [0.4, 0.5) is 13.2 Å². The topological polar surface area (TPSA) is 24.1 Å². The second-order valence-electron chi connectivity index (χ2n) is 3.02. The summed E-state index contributed by atoms with van der Waals surface area (Å²) in [4.78, 5) is 0. The Hall–Kier alpha value is -0.290. The lowest BCUT2D eigenvalue weighted by Gasteiger charge is -2.32. The van der Waals surface area contributed by atoms with Gasteiger partial charge in [0.15, 0.2) is 0 Å². The lowest BCUT2D eigenvalue weighted by atomic mass is 10.1. The third-order valence-corrected chi connectivity index (χ3v) is 2.02. The van der Waals surface area contributed by atoms with Crippen molar-refractivity contribution in [3.8, 4) is 0 Å². The van der Waals surface area contributed by atoms with E-state index in [1.54, 1.807) is 0 Å². The highest BCUT2D eigenvalue weighted by molar-refractivity contribution is 4.86. The van der Waals surface area contributed by atoms with Crippen LogP contribution in [0.5, 0.6) is 0 Å². The number of hydrogen-bond donors (Lipinski definition) is 2. The summed E-state index contributed by atoms with van der Waals surface area (Å²) in [6, 6.07) is -1.35. The molecule has 0 aliphatic carbocycles. The molecule has 0 aromatic heterocycles. The van der Waals surface area contributed by atoms with Crippen molar-refractivity contribution in [1.82, 2.24) is 10.6 Å². The molecule has 0 amide bonds. The third kappa shape index (κ3) is 2.35. The van der Waals surface area contributed by atoms with Crippen LogP contribution in [0.15, 0.2) is 0 Å². The lowest BCUT2D eigenvalue weighted by Crippen LogP contribution is -2.60. The number of alkyl halides is 3. The number of nitrogens with one attached hydrogen (secondary N) is 2. The average molecular weight is 182 g/mol. The Morgan fingerprint density at radius 2 is 2.08 bits per heavy atom. The second kappa shape index (κ2) is 3.62. The van der Waals surface area contributed by atoms with E-state index in [-0.39, 0.29) is 12.5 Å². The molecule has 2 N–H and O–H groups in total. The summed E-state index contributed by atoms with van der Waals surface area (Å²) >= 11 is 0. The average Bonchev–Trinajstić information content (AvgIpc) is 1.82. The summed E-state index contributed by atoms with van der Waals surface area (Å²) in [5.74, 6) is 0. The molecule has 1 saturated heterocycles. The highest BCUT2D eigenvalue weighted by Gasteiger charge is 2.39. The minimum absolute atomic E-state index is 0.00317. The minimum Gasteiger partial charge on any atom is -0.314 e. The van der Waals surface area contributed by atoms with Crippen molar-refractivity contribution in [2.45, 2.75) is 31.6 Å². The SMILES string of the molecule is CCC(NC1CNC1)C(F)(F)F. The minimum atomic E-state index is -4.11. The first-order chi connectivity index (χ1) is 5.54. The van der Waals surface area contributed by atoms with Gasteiger partial charge in [0.1, 0.15) is 6.04 Å². The second-order valence-corrected chi connectivity index (χ2v) is 3.02. The Morgan fingerprint density at radius 3 is 2.33 bits per heavy atom. The van der Waals surface area contributed by atoms with Crippen LogP contribution in [0.1, 0.15) is 13.3 Å². The molecule has 5 heteroatoms. The van der Waals surface area contributed by atoms with Crippen molar-refractivity contribution in [2.75, 3.05) is 13.1 Å². The fourth-order valence-corrected chi connectivity index (χ4v) is 1.13. The van der Waals surface area contributed by atoms with E-state index in [1.165, 1.54) is 6.92 Å². The molecule has 1 fully saturated rings. The van der Waals surface area contributed by atoms with Crippen molar-refractivity contribution >= 4 is 0 Å². The molecule has 1 aliphatic rings. The van der Waals surface area contributed by atoms with Crippen LogP contribution in [0.3, 0.4) is 0 Å². The maximum atomic E-state index is 12.2. The van der Waals surface area contributed by atoms with E-state index in [0.29, 0.717) is 13.1 Å². The molecular formula is C7H13F3N2. The predicted molar refractivity (Wildman–Crippen MR) is 39.9 cm³/mol. The first kappa shape index (κ1) is 9.80. The van der Waals surface area contributed by atoms with E-state index in [2.05, 4.69) is 10.6 Å². The van der Waals surface area contributed by atoms with Crippen LogP contribution >= 0.6 is 0 Å². The first-order valence-corrected chi connectivity index (χ1v) is 4.07. The molecule has 1 atom stereocenters. The molecule has 0 aromatic rings. The number of hydrogen-bond acceptors (Lipinski definition) is 2. The van der Waals surface area contributed by atoms with Crippen molar-refractivity contribution in [3.63, 3.8) is 0 Å². The summed E-state index contributed by atoms with van der Waals surface area (Å²) < 4.78 is 36.5. The van der Waals surface area contributed by atoms with Crippen molar-refractivity contribution < 1.29 is 13.2 Å². The monoisotopic (exact) mass is 182 g/mol. The normalized spacial score (nSPS) is 22.0. The molecule has 0 bridgehead atoms. The maximum absolute atomic E-state index is 12.2. The van der Waals surface area contributed by atoms with Gasteiger partial charge in [0, 0.05) is 19.1 Å². The molecule has 1 unspecified atom stereocenters. The van der Waals surface area contributed by atoms with E-state index < -0.39 is 12.2 Å². The maximum Gasteiger partial charge on any atom is 0.403 e. The van der Waals surface area contributed by atoms with Gasteiger partial charge in [0.05, 0.1) is 0 Å². The van der Waals surface area contributed by atoms with E-state index in [9.17, 15) is 13.2 Å². The largest absolute Gasteiger partial charge is 0.403 e. The molecule has 0 spiro atoms. The zero-order chi connectivity index (χ0) is 9.19. The van der Waals surface area contributed by atoms with E-state index >= 15 is 0 Å². The van der Waals surface area contributed by atoms with Crippen LogP contribution in [0.25, 0.3) is 0 Å². The fraction of sp³-hybridized carbons (Fsp3) is 1.00. The smallest absolute Gasteiger partial charge is 0.314 e. The standard InChI is InChI=1S/C7H13F3N2/c1-2-6(7(8,9)10)12-5-3-11-4-5/h5-6,11-12H,2-4H2,1H3. The van der Waals surface area contributed by atoms with E-state index in [4.69, 9.17) is 0 Å². The third-order valence-electron chi connectivity index (χ3n) is 2.02. The van der Waals surface area contributed by atoms with Gasteiger partial charge in [-0.15, -0.1) is 0 Å². The van der Waals surface area contributed by atoms with Crippen LogP contribution in [-0.2, 0) is 0 Å². The Bertz CT molecular complexity index is 142. The Labute approximate surface area is 69.5 Å². The van der Waals surface area contributed by atoms with Gasteiger partial charge in [-0.25, -0.2) is 0 Å². The first-order valence-electron chi connectivity index (χ1n) is 4.07. The van der Waals surface area contributed by atoms with E-state index in [1.807, 2.05) is 0 Å². The van der Waals surface area contributed by atoms with Crippen LogP contribution in [-0.4, -0.2) is 31.3 Å². The van der Waals surface area contributed by atoms with Crippen molar-refractivity contribution in [1.29, 1.82) is 0 Å². The van der Waals surface area contributed by atoms with Crippen LogP contribution in [0, 0.1) is 0 Å². The van der Waals surface area contributed by atoms with Gasteiger partial charge in [-0.05, 0) is 6.42 Å². The molecule has 2 nitrogen and oxygen atoms in total. The quantitative estimate of drug-likeness (QED) is 0.677. The van der Waals surface area contributed by atoms with Crippen LogP contribution in [0.2, 0.25) is 0 Å². The molecule has 0 aromatic carbocycles. The molecule has 1 rings (SSSR count). The van der Waals surface area contributed by atoms with Gasteiger partial charge in [-0.1, -0.05) is 6.92 Å². The van der Waals surface area contributed by atoms with Gasteiger partial charge in [0.25, 0.3) is 0 Å².